The second-order valence-electron chi connectivity index (χ2n) is 14.7. The Morgan fingerprint density at radius 2 is 1.04 bits per heavy atom. The Morgan fingerprint density at radius 1 is 0.464 bits per heavy atom. The second-order valence-corrected chi connectivity index (χ2v) is 14.7. The highest BCUT2D eigenvalue weighted by molar-refractivity contribution is 6.23. The van der Waals surface area contributed by atoms with Gasteiger partial charge in [0.15, 0.2) is 0 Å². The van der Waals surface area contributed by atoms with Gasteiger partial charge in [0.05, 0.1) is 35.7 Å². The highest BCUT2D eigenvalue weighted by atomic mass is 16.5. The Morgan fingerprint density at radius 3 is 1.66 bits per heavy atom. The highest BCUT2D eigenvalue weighted by Gasteiger charge is 2.13. The van der Waals surface area contributed by atoms with E-state index in [2.05, 4.69) is 102 Å². The summed E-state index contributed by atoms with van der Waals surface area (Å²) in [6, 6.07) is 33.6. The molecule has 0 aliphatic rings. The minimum Gasteiger partial charge on any atom is -0.492 e. The van der Waals surface area contributed by atoms with Gasteiger partial charge in [-0.3, -0.25) is 9.97 Å². The molecule has 7 aromatic rings. The molecule has 0 bridgehead atoms. The van der Waals surface area contributed by atoms with Gasteiger partial charge in [-0.2, -0.15) is 0 Å². The number of nitrogens with zero attached hydrogens (tertiary/aromatic N) is 2. The van der Waals surface area contributed by atoms with E-state index in [4.69, 9.17) is 9.47 Å². The molecule has 0 radical (unpaired) electrons. The van der Waals surface area contributed by atoms with E-state index in [-0.39, 0.29) is 0 Å². The van der Waals surface area contributed by atoms with E-state index in [1.807, 2.05) is 42.5 Å². The van der Waals surface area contributed by atoms with Gasteiger partial charge in [-0.05, 0) is 75.5 Å². The van der Waals surface area contributed by atoms with E-state index in [9.17, 15) is 0 Å². The van der Waals surface area contributed by atoms with Crippen LogP contribution in [-0.2, 0) is 0 Å². The molecular formula is C52H52N2O2. The summed E-state index contributed by atoms with van der Waals surface area (Å²) in [6.07, 6.45) is 17.9. The van der Waals surface area contributed by atoms with E-state index >= 15 is 0 Å². The Hall–Kier alpha value is -5.84. The molecule has 0 spiro atoms. The molecule has 0 unspecified atom stereocenters. The van der Waals surface area contributed by atoms with Crippen LogP contribution in [0.5, 0.6) is 11.5 Å². The molecule has 0 N–H and O–H groups in total. The van der Waals surface area contributed by atoms with Crippen molar-refractivity contribution in [1.82, 2.24) is 9.97 Å². The predicted octanol–water partition coefficient (Wildman–Crippen LogP) is 13.3. The molecule has 282 valence electrons. The fourth-order valence-corrected chi connectivity index (χ4v) is 7.38. The van der Waals surface area contributed by atoms with Crippen molar-refractivity contribution in [2.45, 2.75) is 90.9 Å². The van der Waals surface area contributed by atoms with Gasteiger partial charge in [-0.1, -0.05) is 156 Å². The average molecular weight is 737 g/mol. The molecule has 7 rings (SSSR count). The van der Waals surface area contributed by atoms with E-state index in [1.165, 1.54) is 83.7 Å². The largest absolute Gasteiger partial charge is 0.492 e. The van der Waals surface area contributed by atoms with Crippen LogP contribution in [0.3, 0.4) is 0 Å². The second kappa shape index (κ2) is 19.7. The minimum absolute atomic E-state index is 0.626. The maximum absolute atomic E-state index is 6.56. The number of pyridine rings is 2. The molecule has 0 saturated carbocycles. The van der Waals surface area contributed by atoms with Crippen LogP contribution in [0.25, 0.3) is 43.7 Å². The van der Waals surface area contributed by atoms with Gasteiger partial charge in [0, 0.05) is 35.7 Å². The van der Waals surface area contributed by atoms with Gasteiger partial charge >= 0.3 is 0 Å². The minimum atomic E-state index is 0.626. The first kappa shape index (κ1) is 38.4. The summed E-state index contributed by atoms with van der Waals surface area (Å²) < 4.78 is 13.1. The van der Waals surface area contributed by atoms with E-state index in [0.29, 0.717) is 13.2 Å². The Labute approximate surface area is 333 Å². The zero-order chi connectivity index (χ0) is 38.4. The van der Waals surface area contributed by atoms with Gasteiger partial charge < -0.3 is 9.47 Å². The first-order chi connectivity index (χ1) is 27.7. The summed E-state index contributed by atoms with van der Waals surface area (Å²) in [4.78, 5) is 9.08. The summed E-state index contributed by atoms with van der Waals surface area (Å²) in [7, 11) is 0. The summed E-state index contributed by atoms with van der Waals surface area (Å²) in [5, 5.41) is 7.46. The van der Waals surface area contributed by atoms with Gasteiger partial charge in [0.1, 0.15) is 11.5 Å². The number of hydrogen-bond acceptors (Lipinski definition) is 4. The highest BCUT2D eigenvalue weighted by Crippen LogP contribution is 2.36. The quantitative estimate of drug-likeness (QED) is 0.0530. The van der Waals surface area contributed by atoms with Crippen LogP contribution in [0.1, 0.15) is 113 Å². The first-order valence-corrected chi connectivity index (χ1v) is 20.7. The van der Waals surface area contributed by atoms with E-state index in [0.717, 1.165) is 70.8 Å². The molecule has 5 aromatic carbocycles. The van der Waals surface area contributed by atoms with Gasteiger partial charge in [-0.25, -0.2) is 0 Å². The van der Waals surface area contributed by atoms with Crippen molar-refractivity contribution in [3.63, 3.8) is 0 Å². The van der Waals surface area contributed by atoms with Crippen LogP contribution in [0.2, 0.25) is 0 Å². The Bertz CT molecular complexity index is 2450. The van der Waals surface area contributed by atoms with Crippen molar-refractivity contribution in [3.05, 3.63) is 132 Å². The third-order valence-corrected chi connectivity index (χ3v) is 10.5. The van der Waals surface area contributed by atoms with E-state index in [1.54, 1.807) is 12.4 Å². The number of hydrogen-bond donors (Lipinski definition) is 0. The lowest BCUT2D eigenvalue weighted by Gasteiger charge is -2.14. The lowest BCUT2D eigenvalue weighted by atomic mass is 9.92. The maximum Gasteiger partial charge on any atom is 0.136 e. The third-order valence-electron chi connectivity index (χ3n) is 10.5. The van der Waals surface area contributed by atoms with Crippen LogP contribution in [0.4, 0.5) is 0 Å². The van der Waals surface area contributed by atoms with Crippen molar-refractivity contribution < 1.29 is 9.47 Å². The monoisotopic (exact) mass is 736 g/mol. The Kier molecular flexibility index (Phi) is 13.5. The fraction of sp³-hybridized carbons (Fsp3) is 0.308. The third kappa shape index (κ3) is 9.69. The molecule has 0 aliphatic heterocycles. The molecule has 4 nitrogen and oxygen atoms in total. The lowest BCUT2D eigenvalue weighted by Crippen LogP contribution is -2.03. The zero-order valence-electron chi connectivity index (χ0n) is 33.0. The number of rotatable bonds is 17. The first-order valence-electron chi connectivity index (χ1n) is 20.7. The predicted molar refractivity (Wildman–Crippen MR) is 234 cm³/mol. The normalized spacial score (nSPS) is 11.0. The van der Waals surface area contributed by atoms with Crippen LogP contribution in [-0.4, -0.2) is 23.2 Å². The molecular weight excluding hydrogens is 685 g/mol. The number of aromatic nitrogens is 2. The van der Waals surface area contributed by atoms with Crippen molar-refractivity contribution in [1.29, 1.82) is 0 Å². The number of benzene rings is 5. The summed E-state index contributed by atoms with van der Waals surface area (Å²) in [5.41, 5.74) is 5.07. The SMILES string of the molecule is CCCCCCCCOc1cc(C#Cc2ccc3ccc4cccc5ccc2c3c45)c(OCCCCCCCC)cc1C#Cc1ccc(-c2ccccn2)nc1. The van der Waals surface area contributed by atoms with Gasteiger partial charge in [0.2, 0.25) is 0 Å². The standard InChI is InChI=1S/C52H52N2O2/c1-3-5-7-9-11-15-34-55-49-37-45(29-25-40-24-26-43-28-27-41-18-17-19-42-30-31-46(40)52(43)51(41)42)50(56-35-16-12-10-8-6-4-2)36-44(49)23-21-39-22-32-48(54-38-39)47-20-13-14-33-53-47/h13-14,17-20,22,24,26-28,30-33,36-38H,3-12,15-16,34-35H2,1-2H3. The van der Waals surface area contributed by atoms with Crippen molar-refractivity contribution in [2.24, 2.45) is 0 Å². The molecule has 0 atom stereocenters. The number of unbranched alkanes of at least 4 members (excludes halogenated alkanes) is 10. The molecule has 0 amide bonds. The molecule has 2 heterocycles. The molecule has 0 fully saturated rings. The maximum atomic E-state index is 6.56. The van der Waals surface area contributed by atoms with Gasteiger partial charge in [0.25, 0.3) is 0 Å². The van der Waals surface area contributed by atoms with Crippen LogP contribution in [0, 0.1) is 23.7 Å². The molecule has 2 aromatic heterocycles. The summed E-state index contributed by atoms with van der Waals surface area (Å²) in [5.74, 6) is 15.3. The van der Waals surface area contributed by atoms with Crippen molar-refractivity contribution >= 4 is 32.3 Å². The fourth-order valence-electron chi connectivity index (χ4n) is 7.38. The topological polar surface area (TPSA) is 44.2 Å². The molecule has 0 saturated heterocycles. The average Bonchev–Trinajstić information content (AvgIpc) is 3.24. The summed E-state index contributed by atoms with van der Waals surface area (Å²) >= 11 is 0. The molecule has 56 heavy (non-hydrogen) atoms. The van der Waals surface area contributed by atoms with Crippen LogP contribution in [0.15, 0.2) is 109 Å². The molecule has 4 heteroatoms. The van der Waals surface area contributed by atoms with Crippen LogP contribution >= 0.6 is 0 Å². The van der Waals surface area contributed by atoms with Crippen molar-refractivity contribution in [2.75, 3.05) is 13.2 Å². The summed E-state index contributed by atoms with van der Waals surface area (Å²) in [6.45, 7) is 5.76. The van der Waals surface area contributed by atoms with Gasteiger partial charge in [-0.15, -0.1) is 0 Å². The van der Waals surface area contributed by atoms with Crippen molar-refractivity contribution in [3.8, 4) is 46.6 Å². The Balaban J connectivity index is 1.23. The zero-order valence-corrected chi connectivity index (χ0v) is 33.0. The lowest BCUT2D eigenvalue weighted by molar-refractivity contribution is 0.295. The smallest absolute Gasteiger partial charge is 0.136 e. The number of ether oxygens (including phenoxy) is 2. The molecule has 0 aliphatic carbocycles. The van der Waals surface area contributed by atoms with Crippen LogP contribution < -0.4 is 9.47 Å². The van der Waals surface area contributed by atoms with E-state index < -0.39 is 0 Å².